The van der Waals surface area contributed by atoms with Crippen LogP contribution in [0.1, 0.15) is 11.1 Å². The van der Waals surface area contributed by atoms with E-state index in [-0.39, 0.29) is 5.84 Å². The van der Waals surface area contributed by atoms with Gasteiger partial charge in [0, 0.05) is 30.4 Å². The third kappa shape index (κ3) is 3.03. The first kappa shape index (κ1) is 14.6. The average molecular weight is 309 g/mol. The Balaban J connectivity index is 2.30. The van der Waals surface area contributed by atoms with Gasteiger partial charge >= 0.3 is 0 Å². The van der Waals surface area contributed by atoms with Crippen molar-refractivity contribution in [1.29, 1.82) is 5.41 Å². The van der Waals surface area contributed by atoms with E-state index < -0.39 is 0 Å². The minimum atomic E-state index is -0.0789. The molecule has 0 spiro atoms. The number of rotatable bonds is 4. The van der Waals surface area contributed by atoms with Gasteiger partial charge in [-0.3, -0.25) is 5.41 Å². The van der Waals surface area contributed by atoms with Crippen LogP contribution in [-0.4, -0.2) is 17.9 Å². The summed E-state index contributed by atoms with van der Waals surface area (Å²) in [6.45, 7) is 0.563. The van der Waals surface area contributed by atoms with Crippen molar-refractivity contribution in [3.8, 4) is 0 Å². The summed E-state index contributed by atoms with van der Waals surface area (Å²) in [5.41, 5.74) is 6.94. The number of amidine groups is 1. The lowest BCUT2D eigenvalue weighted by molar-refractivity contribution is 0.898. The molecule has 0 saturated carbocycles. The minimum absolute atomic E-state index is 0.0789. The first-order chi connectivity index (χ1) is 9.50. The molecule has 1 aromatic heterocycles. The lowest BCUT2D eigenvalue weighted by Gasteiger charge is -2.21. The summed E-state index contributed by atoms with van der Waals surface area (Å²) >= 11 is 12.4. The van der Waals surface area contributed by atoms with Crippen LogP contribution in [0, 0.1) is 5.41 Å². The second-order valence-electron chi connectivity index (χ2n) is 4.36. The number of nitrogens with zero attached hydrogens (tertiary/aromatic N) is 2. The predicted molar refractivity (Wildman–Crippen MR) is 83.8 cm³/mol. The second-order valence-corrected chi connectivity index (χ2v) is 5.14. The normalized spacial score (nSPS) is 10.3. The molecule has 20 heavy (non-hydrogen) atoms. The van der Waals surface area contributed by atoms with Crippen LogP contribution in [0.5, 0.6) is 0 Å². The first-order valence-electron chi connectivity index (χ1n) is 5.94. The summed E-state index contributed by atoms with van der Waals surface area (Å²) < 4.78 is 0. The van der Waals surface area contributed by atoms with E-state index in [9.17, 15) is 0 Å². The molecule has 2 rings (SSSR count). The number of hydrogen-bond donors (Lipinski definition) is 2. The van der Waals surface area contributed by atoms with E-state index in [1.54, 1.807) is 12.3 Å². The zero-order valence-corrected chi connectivity index (χ0v) is 12.4. The van der Waals surface area contributed by atoms with E-state index in [1.165, 1.54) is 0 Å². The molecule has 3 N–H and O–H groups in total. The van der Waals surface area contributed by atoms with Crippen molar-refractivity contribution in [3.05, 3.63) is 57.7 Å². The number of nitrogens with two attached hydrogens (primary N) is 1. The largest absolute Gasteiger partial charge is 0.384 e. The van der Waals surface area contributed by atoms with Crippen LogP contribution in [0.3, 0.4) is 0 Å². The van der Waals surface area contributed by atoms with Crippen molar-refractivity contribution < 1.29 is 0 Å². The van der Waals surface area contributed by atoms with Crippen molar-refractivity contribution >= 4 is 34.9 Å². The van der Waals surface area contributed by atoms with Crippen LogP contribution < -0.4 is 10.6 Å². The molecule has 0 aliphatic carbocycles. The third-order valence-corrected chi connectivity index (χ3v) is 3.63. The number of benzene rings is 1. The van der Waals surface area contributed by atoms with Crippen LogP contribution in [-0.2, 0) is 6.54 Å². The molecule has 0 unspecified atom stereocenters. The maximum absolute atomic E-state index is 7.50. The summed E-state index contributed by atoms with van der Waals surface area (Å²) in [4.78, 5) is 6.12. The van der Waals surface area contributed by atoms with Gasteiger partial charge in [-0.15, -0.1) is 0 Å². The molecule has 2 aromatic rings. The Bertz CT molecular complexity index is 643. The maximum Gasteiger partial charge on any atom is 0.148 e. The number of hydrogen-bond acceptors (Lipinski definition) is 3. The summed E-state index contributed by atoms with van der Waals surface area (Å²) in [6, 6.07) is 9.22. The molecule has 0 aliphatic rings. The number of aromatic nitrogens is 1. The molecule has 0 amide bonds. The molecule has 0 fully saturated rings. The Morgan fingerprint density at radius 3 is 2.65 bits per heavy atom. The van der Waals surface area contributed by atoms with E-state index in [4.69, 9.17) is 34.3 Å². The van der Waals surface area contributed by atoms with Crippen molar-refractivity contribution in [3.63, 3.8) is 0 Å². The Labute approximate surface area is 127 Å². The number of anilines is 1. The fourth-order valence-electron chi connectivity index (χ4n) is 1.86. The summed E-state index contributed by atoms with van der Waals surface area (Å²) in [7, 11) is 1.86. The van der Waals surface area contributed by atoms with Gasteiger partial charge in [0.1, 0.15) is 11.7 Å². The summed E-state index contributed by atoms with van der Waals surface area (Å²) in [5, 5.41) is 8.56. The Morgan fingerprint density at radius 1 is 1.30 bits per heavy atom. The highest BCUT2D eigenvalue weighted by atomic mass is 35.5. The standard InChI is InChI=1S/C14H14Cl2N4/c1-20(8-9-4-2-3-5-11(9)15)14-12(16)10(13(17)18)6-7-19-14/h2-7H,8H2,1H3,(H3,17,18). The molecule has 6 heteroatoms. The van der Waals surface area contributed by atoms with E-state index >= 15 is 0 Å². The number of nitrogens with one attached hydrogen (secondary N) is 1. The third-order valence-electron chi connectivity index (χ3n) is 2.89. The van der Waals surface area contributed by atoms with Crippen molar-refractivity contribution in [2.24, 2.45) is 5.73 Å². The fourth-order valence-corrected chi connectivity index (χ4v) is 2.42. The summed E-state index contributed by atoms with van der Waals surface area (Å²) in [5.74, 6) is 0.490. The van der Waals surface area contributed by atoms with Crippen molar-refractivity contribution in [2.75, 3.05) is 11.9 Å². The Kier molecular flexibility index (Phi) is 4.47. The fraction of sp³-hybridized carbons (Fsp3) is 0.143. The highest BCUT2D eigenvalue weighted by Gasteiger charge is 2.14. The van der Waals surface area contributed by atoms with Gasteiger partial charge in [0.05, 0.1) is 5.02 Å². The van der Waals surface area contributed by atoms with Crippen molar-refractivity contribution in [1.82, 2.24) is 4.98 Å². The van der Waals surface area contributed by atoms with Crippen LogP contribution in [0.2, 0.25) is 10.0 Å². The molecule has 0 saturated heterocycles. The molecule has 0 bridgehead atoms. The smallest absolute Gasteiger partial charge is 0.148 e. The number of nitrogen functional groups attached to an aromatic ring is 1. The number of pyridine rings is 1. The van der Waals surface area contributed by atoms with Gasteiger partial charge in [0.2, 0.25) is 0 Å². The van der Waals surface area contributed by atoms with Crippen LogP contribution >= 0.6 is 23.2 Å². The topological polar surface area (TPSA) is 66.0 Å². The zero-order valence-electron chi connectivity index (χ0n) is 10.9. The van der Waals surface area contributed by atoms with E-state index in [1.807, 2.05) is 36.2 Å². The molecule has 104 valence electrons. The molecular weight excluding hydrogens is 295 g/mol. The molecule has 1 heterocycles. The van der Waals surface area contributed by atoms with Gasteiger partial charge in [-0.1, -0.05) is 41.4 Å². The monoisotopic (exact) mass is 308 g/mol. The molecule has 4 nitrogen and oxygen atoms in total. The summed E-state index contributed by atoms with van der Waals surface area (Å²) in [6.07, 6.45) is 1.58. The lowest BCUT2D eigenvalue weighted by atomic mass is 10.2. The highest BCUT2D eigenvalue weighted by molar-refractivity contribution is 6.36. The highest BCUT2D eigenvalue weighted by Crippen LogP contribution is 2.27. The van der Waals surface area contributed by atoms with Gasteiger partial charge in [-0.25, -0.2) is 4.98 Å². The Morgan fingerprint density at radius 2 is 2.00 bits per heavy atom. The zero-order chi connectivity index (χ0) is 14.7. The molecule has 1 aromatic carbocycles. The first-order valence-corrected chi connectivity index (χ1v) is 6.69. The van der Waals surface area contributed by atoms with Crippen LogP contribution in [0.25, 0.3) is 0 Å². The molecule has 0 radical (unpaired) electrons. The minimum Gasteiger partial charge on any atom is -0.384 e. The van der Waals surface area contributed by atoms with Gasteiger partial charge < -0.3 is 10.6 Å². The van der Waals surface area contributed by atoms with Crippen LogP contribution in [0.15, 0.2) is 36.5 Å². The Hall–Kier alpha value is -1.78. The quantitative estimate of drug-likeness (QED) is 0.672. The molecular formula is C14H14Cl2N4. The maximum atomic E-state index is 7.50. The van der Waals surface area contributed by atoms with Gasteiger partial charge in [-0.2, -0.15) is 0 Å². The second kappa shape index (κ2) is 6.11. The van der Waals surface area contributed by atoms with E-state index in [0.29, 0.717) is 28.0 Å². The van der Waals surface area contributed by atoms with E-state index in [0.717, 1.165) is 5.56 Å². The van der Waals surface area contributed by atoms with Crippen molar-refractivity contribution in [2.45, 2.75) is 6.54 Å². The lowest BCUT2D eigenvalue weighted by Crippen LogP contribution is -2.20. The number of halogens is 2. The average Bonchev–Trinajstić information content (AvgIpc) is 2.41. The predicted octanol–water partition coefficient (Wildman–Crippen LogP) is 3.31. The molecule has 0 aliphatic heterocycles. The van der Waals surface area contributed by atoms with Gasteiger partial charge in [0.25, 0.3) is 0 Å². The van der Waals surface area contributed by atoms with Gasteiger partial charge in [-0.05, 0) is 17.7 Å². The van der Waals surface area contributed by atoms with E-state index in [2.05, 4.69) is 4.98 Å². The van der Waals surface area contributed by atoms with Crippen LogP contribution in [0.4, 0.5) is 5.82 Å². The SMILES string of the molecule is CN(Cc1ccccc1Cl)c1nccc(C(=N)N)c1Cl. The van der Waals surface area contributed by atoms with Gasteiger partial charge in [0.15, 0.2) is 0 Å². The molecule has 0 atom stereocenters.